The maximum absolute atomic E-state index is 13.8. The summed E-state index contributed by atoms with van der Waals surface area (Å²) in [5.74, 6) is 0.331. The summed E-state index contributed by atoms with van der Waals surface area (Å²) in [4.78, 5) is 13.8. The summed E-state index contributed by atoms with van der Waals surface area (Å²) in [6.45, 7) is 0. The van der Waals surface area contributed by atoms with Crippen molar-refractivity contribution in [1.29, 1.82) is 0 Å². The highest BCUT2D eigenvalue weighted by atomic mass is 16.5. The molecule has 5 rings (SSSR count). The SMILES string of the molecule is O=C1OC(c2ccccc2)=C(c2ccccc2)C1(c1ccccc1)c1ccccc1. The van der Waals surface area contributed by atoms with Crippen LogP contribution in [0.1, 0.15) is 22.3 Å². The number of hydrogen-bond donors (Lipinski definition) is 0. The van der Waals surface area contributed by atoms with Crippen LogP contribution in [0.5, 0.6) is 0 Å². The number of esters is 1. The molecular formula is C28H20O2. The van der Waals surface area contributed by atoms with Crippen molar-refractivity contribution in [2.24, 2.45) is 0 Å². The minimum Gasteiger partial charge on any atom is -0.424 e. The van der Waals surface area contributed by atoms with Crippen molar-refractivity contribution in [3.63, 3.8) is 0 Å². The Bertz CT molecular complexity index is 1160. The zero-order chi connectivity index (χ0) is 20.4. The summed E-state index contributed by atoms with van der Waals surface area (Å²) in [6, 6.07) is 39.7. The molecule has 0 saturated carbocycles. The number of hydrogen-bond acceptors (Lipinski definition) is 2. The van der Waals surface area contributed by atoms with E-state index in [4.69, 9.17) is 4.74 Å². The number of carbonyl (C=O) groups is 1. The van der Waals surface area contributed by atoms with Gasteiger partial charge in [0.25, 0.3) is 0 Å². The van der Waals surface area contributed by atoms with Gasteiger partial charge in [0.2, 0.25) is 0 Å². The van der Waals surface area contributed by atoms with E-state index in [1.165, 1.54) is 0 Å². The third-order valence-electron chi connectivity index (χ3n) is 5.62. The molecule has 1 aliphatic heterocycles. The zero-order valence-corrected chi connectivity index (χ0v) is 16.4. The number of cyclic esters (lactones) is 1. The molecular weight excluding hydrogens is 368 g/mol. The molecule has 0 saturated heterocycles. The van der Waals surface area contributed by atoms with Crippen LogP contribution in [-0.2, 0) is 14.9 Å². The second kappa shape index (κ2) is 7.49. The van der Waals surface area contributed by atoms with Crippen molar-refractivity contribution in [1.82, 2.24) is 0 Å². The molecule has 0 spiro atoms. The highest BCUT2D eigenvalue weighted by Gasteiger charge is 2.54. The van der Waals surface area contributed by atoms with E-state index in [0.717, 1.165) is 27.8 Å². The second-order valence-electron chi connectivity index (χ2n) is 7.31. The van der Waals surface area contributed by atoms with Crippen molar-refractivity contribution in [2.75, 3.05) is 0 Å². The van der Waals surface area contributed by atoms with E-state index in [1.807, 2.05) is 121 Å². The molecule has 30 heavy (non-hydrogen) atoms. The van der Waals surface area contributed by atoms with Crippen LogP contribution in [0.25, 0.3) is 11.3 Å². The van der Waals surface area contributed by atoms with Gasteiger partial charge in [0.1, 0.15) is 11.2 Å². The van der Waals surface area contributed by atoms with Gasteiger partial charge < -0.3 is 4.74 Å². The lowest BCUT2D eigenvalue weighted by Crippen LogP contribution is -2.35. The van der Waals surface area contributed by atoms with Crippen molar-refractivity contribution >= 4 is 17.3 Å². The smallest absolute Gasteiger partial charge is 0.331 e. The van der Waals surface area contributed by atoms with Gasteiger partial charge in [-0.1, -0.05) is 121 Å². The first-order valence-electron chi connectivity index (χ1n) is 10.0. The normalized spacial score (nSPS) is 15.1. The molecule has 1 aliphatic rings. The molecule has 0 unspecified atom stereocenters. The van der Waals surface area contributed by atoms with E-state index < -0.39 is 5.41 Å². The predicted molar refractivity (Wildman–Crippen MR) is 119 cm³/mol. The average Bonchev–Trinajstić information content (AvgIpc) is 3.15. The number of ether oxygens (including phenoxy) is 1. The first kappa shape index (κ1) is 18.1. The fourth-order valence-corrected chi connectivity index (χ4v) is 4.31. The van der Waals surface area contributed by atoms with Crippen molar-refractivity contribution < 1.29 is 9.53 Å². The van der Waals surface area contributed by atoms with Gasteiger partial charge in [-0.3, -0.25) is 0 Å². The van der Waals surface area contributed by atoms with Crippen LogP contribution in [0.15, 0.2) is 121 Å². The molecule has 0 aromatic heterocycles. The topological polar surface area (TPSA) is 26.3 Å². The molecule has 1 heterocycles. The van der Waals surface area contributed by atoms with E-state index in [0.29, 0.717) is 5.76 Å². The van der Waals surface area contributed by atoms with Crippen LogP contribution >= 0.6 is 0 Å². The van der Waals surface area contributed by atoms with Gasteiger partial charge in [-0.05, 0) is 16.7 Å². The zero-order valence-electron chi connectivity index (χ0n) is 16.4. The summed E-state index contributed by atoms with van der Waals surface area (Å²) in [5, 5.41) is 0. The lowest BCUT2D eigenvalue weighted by atomic mass is 9.67. The van der Waals surface area contributed by atoms with Crippen LogP contribution < -0.4 is 0 Å². The Morgan fingerprint density at radius 3 is 1.37 bits per heavy atom. The monoisotopic (exact) mass is 388 g/mol. The molecule has 0 atom stereocenters. The van der Waals surface area contributed by atoms with Crippen molar-refractivity contribution in [3.05, 3.63) is 144 Å². The molecule has 0 N–H and O–H groups in total. The van der Waals surface area contributed by atoms with Crippen LogP contribution in [0.3, 0.4) is 0 Å². The van der Waals surface area contributed by atoms with Gasteiger partial charge in [-0.2, -0.15) is 0 Å². The largest absolute Gasteiger partial charge is 0.424 e. The fourth-order valence-electron chi connectivity index (χ4n) is 4.31. The molecule has 4 aromatic carbocycles. The van der Waals surface area contributed by atoms with E-state index in [2.05, 4.69) is 0 Å². The highest BCUT2D eigenvalue weighted by Crippen LogP contribution is 2.53. The van der Waals surface area contributed by atoms with Gasteiger partial charge in [0.05, 0.1) is 0 Å². The molecule has 0 bridgehead atoms. The number of benzene rings is 4. The molecule has 2 heteroatoms. The molecule has 2 nitrogen and oxygen atoms in total. The van der Waals surface area contributed by atoms with E-state index >= 15 is 0 Å². The van der Waals surface area contributed by atoms with Crippen molar-refractivity contribution in [2.45, 2.75) is 5.41 Å². The van der Waals surface area contributed by atoms with Gasteiger partial charge in [-0.15, -0.1) is 0 Å². The third-order valence-corrected chi connectivity index (χ3v) is 5.62. The molecule has 0 radical (unpaired) electrons. The van der Waals surface area contributed by atoms with Gasteiger partial charge in [0, 0.05) is 11.1 Å². The standard InChI is InChI=1S/C28H20O2/c29-27-28(23-17-9-3-10-18-23,24-19-11-4-12-20-24)25(21-13-5-1-6-14-21)26(30-27)22-15-7-2-8-16-22/h1-20H. The second-order valence-corrected chi connectivity index (χ2v) is 7.31. The molecule has 0 fully saturated rings. The summed E-state index contributed by atoms with van der Waals surface area (Å²) in [6.07, 6.45) is 0. The third kappa shape index (κ3) is 2.77. The average molecular weight is 388 g/mol. The van der Waals surface area contributed by atoms with Gasteiger partial charge >= 0.3 is 5.97 Å². The Kier molecular flexibility index (Phi) is 4.53. The first-order chi connectivity index (χ1) is 14.8. The maximum atomic E-state index is 13.8. The Balaban J connectivity index is 1.91. The Morgan fingerprint density at radius 1 is 0.500 bits per heavy atom. The minimum atomic E-state index is -1.05. The quantitative estimate of drug-likeness (QED) is 0.395. The van der Waals surface area contributed by atoms with Crippen molar-refractivity contribution in [3.8, 4) is 0 Å². The van der Waals surface area contributed by atoms with E-state index in [9.17, 15) is 4.79 Å². The lowest BCUT2D eigenvalue weighted by molar-refractivity contribution is -0.138. The number of carbonyl (C=O) groups excluding carboxylic acids is 1. The Morgan fingerprint density at radius 2 is 0.900 bits per heavy atom. The summed E-state index contributed by atoms with van der Waals surface area (Å²) >= 11 is 0. The predicted octanol–water partition coefficient (Wildman–Crippen LogP) is 6.10. The number of rotatable bonds is 4. The fraction of sp³-hybridized carbons (Fsp3) is 0.0357. The Labute approximate surface area is 176 Å². The first-order valence-corrected chi connectivity index (χ1v) is 10.0. The highest BCUT2D eigenvalue weighted by molar-refractivity contribution is 6.16. The maximum Gasteiger partial charge on any atom is 0.331 e. The van der Waals surface area contributed by atoms with Gasteiger partial charge in [-0.25, -0.2) is 4.79 Å². The molecule has 0 aliphatic carbocycles. The Hall–Kier alpha value is -3.91. The molecule has 144 valence electrons. The van der Waals surface area contributed by atoms with Crippen LogP contribution in [-0.4, -0.2) is 5.97 Å². The summed E-state index contributed by atoms with van der Waals surface area (Å²) in [7, 11) is 0. The minimum absolute atomic E-state index is 0.280. The summed E-state index contributed by atoms with van der Waals surface area (Å²) < 4.78 is 6.08. The van der Waals surface area contributed by atoms with Crippen LogP contribution in [0.2, 0.25) is 0 Å². The van der Waals surface area contributed by atoms with Gasteiger partial charge in [0.15, 0.2) is 0 Å². The summed E-state index contributed by atoms with van der Waals surface area (Å²) in [5.41, 5.74) is 3.47. The molecule has 0 amide bonds. The van der Waals surface area contributed by atoms with Crippen LogP contribution in [0, 0.1) is 0 Å². The van der Waals surface area contributed by atoms with E-state index in [1.54, 1.807) is 0 Å². The lowest BCUT2D eigenvalue weighted by Gasteiger charge is -2.30. The van der Waals surface area contributed by atoms with E-state index in [-0.39, 0.29) is 5.97 Å². The van der Waals surface area contributed by atoms with Crippen LogP contribution in [0.4, 0.5) is 0 Å². The molecule has 4 aromatic rings.